The predicted molar refractivity (Wildman–Crippen MR) is 270 cm³/mol. The second-order valence-corrected chi connectivity index (χ2v) is 20.3. The van der Waals surface area contributed by atoms with Gasteiger partial charge in [0.2, 0.25) is 0 Å². The van der Waals surface area contributed by atoms with Gasteiger partial charge in [-0.05, 0) is 79.9 Å². The Kier molecular flexibility index (Phi) is 8.87. The predicted octanol–water partition coefficient (Wildman–Crippen LogP) is 12.6. The third-order valence-electron chi connectivity index (χ3n) is 13.1. The summed E-state index contributed by atoms with van der Waals surface area (Å²) in [6.45, 7) is 0. The molecular formula is C60H42N2Si. The molecule has 2 aromatic heterocycles. The highest BCUT2D eigenvalue weighted by Gasteiger charge is 2.41. The minimum Gasteiger partial charge on any atom is -0.309 e. The van der Waals surface area contributed by atoms with Crippen molar-refractivity contribution in [2.24, 2.45) is 0 Å². The van der Waals surface area contributed by atoms with Gasteiger partial charge in [0.15, 0.2) is 8.07 Å². The van der Waals surface area contributed by atoms with Gasteiger partial charge in [-0.3, -0.25) is 0 Å². The summed E-state index contributed by atoms with van der Waals surface area (Å²) in [5, 5.41) is 10.4. The van der Waals surface area contributed by atoms with Crippen molar-refractivity contribution in [3.8, 4) is 33.6 Å². The Hall–Kier alpha value is -7.98. The molecule has 0 spiro atoms. The van der Waals surface area contributed by atoms with Crippen LogP contribution in [0.1, 0.15) is 0 Å². The van der Waals surface area contributed by atoms with E-state index in [1.807, 2.05) is 0 Å². The fraction of sp³-hybridized carbons (Fsp3) is 0. The zero-order chi connectivity index (χ0) is 41.7. The quantitative estimate of drug-likeness (QED) is 0.107. The Labute approximate surface area is 368 Å². The molecule has 2 heterocycles. The molecule has 0 atom stereocenters. The molecule has 63 heavy (non-hydrogen) atoms. The minimum absolute atomic E-state index is 1.13. The average Bonchev–Trinajstić information content (AvgIpc) is 3.87. The van der Waals surface area contributed by atoms with Crippen molar-refractivity contribution >= 4 is 72.4 Å². The molecular weight excluding hydrogens is 777 g/mol. The first kappa shape index (κ1) is 36.8. The van der Waals surface area contributed by atoms with Crippen molar-refractivity contribution in [3.63, 3.8) is 0 Å². The molecule has 296 valence electrons. The van der Waals surface area contributed by atoms with Crippen LogP contribution in [0.2, 0.25) is 0 Å². The van der Waals surface area contributed by atoms with Crippen LogP contribution in [0.25, 0.3) is 77.2 Å². The second-order valence-electron chi connectivity index (χ2n) is 16.5. The number of rotatable bonds is 8. The highest BCUT2D eigenvalue weighted by atomic mass is 28.3. The smallest absolute Gasteiger partial charge is 0.179 e. The van der Waals surface area contributed by atoms with Crippen LogP contribution in [0.5, 0.6) is 0 Å². The molecule has 10 aromatic carbocycles. The van der Waals surface area contributed by atoms with E-state index in [-0.39, 0.29) is 0 Å². The number of para-hydroxylation sites is 3. The third kappa shape index (κ3) is 5.93. The average molecular weight is 819 g/mol. The lowest BCUT2D eigenvalue weighted by atomic mass is 9.98. The number of fused-ring (bicyclic) bond motifs is 6. The Morgan fingerprint density at radius 1 is 0.254 bits per heavy atom. The Morgan fingerprint density at radius 2 is 0.714 bits per heavy atom. The fourth-order valence-corrected chi connectivity index (χ4v) is 15.1. The van der Waals surface area contributed by atoms with E-state index in [2.05, 4.69) is 264 Å². The number of hydrogen-bond acceptors (Lipinski definition) is 0. The first-order valence-electron chi connectivity index (χ1n) is 21.8. The summed E-state index contributed by atoms with van der Waals surface area (Å²) in [6, 6.07) is 94.3. The van der Waals surface area contributed by atoms with E-state index in [1.54, 1.807) is 0 Å². The third-order valence-corrected chi connectivity index (χ3v) is 17.8. The van der Waals surface area contributed by atoms with E-state index in [1.165, 1.54) is 86.6 Å². The minimum atomic E-state index is -2.79. The molecule has 3 heteroatoms. The topological polar surface area (TPSA) is 9.86 Å². The van der Waals surface area contributed by atoms with Gasteiger partial charge in [-0.15, -0.1) is 0 Å². The number of hydrogen-bond donors (Lipinski definition) is 0. The van der Waals surface area contributed by atoms with Crippen LogP contribution >= 0.6 is 0 Å². The van der Waals surface area contributed by atoms with Gasteiger partial charge < -0.3 is 9.13 Å². The number of nitrogens with zero attached hydrogens (tertiary/aromatic N) is 2. The standard InChI is InChI=1S/C60H42N2Si/c1-5-20-43(21-6-1)44-22-19-23-45(40-44)51-30-13-16-33-56(51)62-58-35-18-15-32-53(58)54-38-36-46(41-59(54)62)61-57-34-17-14-31-52(57)55-39-37-50(42-60(55)61)63(47-24-7-2-8-25-47,48-26-9-3-10-27-48)49-28-11-4-12-29-49/h1-42H. The van der Waals surface area contributed by atoms with E-state index in [0.717, 1.165) is 11.4 Å². The molecule has 12 rings (SSSR count). The van der Waals surface area contributed by atoms with Crippen LogP contribution in [0.15, 0.2) is 255 Å². The van der Waals surface area contributed by atoms with Crippen LogP contribution in [0.4, 0.5) is 0 Å². The molecule has 2 nitrogen and oxygen atoms in total. The lowest BCUT2D eigenvalue weighted by Crippen LogP contribution is -2.74. The maximum atomic E-state index is 2.52. The zero-order valence-electron chi connectivity index (χ0n) is 34.6. The molecule has 0 saturated heterocycles. The van der Waals surface area contributed by atoms with Gasteiger partial charge in [0.1, 0.15) is 0 Å². The summed E-state index contributed by atoms with van der Waals surface area (Å²) < 4.78 is 4.99. The molecule has 0 aliphatic rings. The highest BCUT2D eigenvalue weighted by molar-refractivity contribution is 7.20. The van der Waals surface area contributed by atoms with Gasteiger partial charge in [0.25, 0.3) is 0 Å². The summed E-state index contributed by atoms with van der Waals surface area (Å²) in [5.74, 6) is 0. The summed E-state index contributed by atoms with van der Waals surface area (Å²) in [6.07, 6.45) is 0. The van der Waals surface area contributed by atoms with Gasteiger partial charge >= 0.3 is 0 Å². The molecule has 0 fully saturated rings. The summed E-state index contributed by atoms with van der Waals surface area (Å²) >= 11 is 0. The maximum absolute atomic E-state index is 2.79. The van der Waals surface area contributed by atoms with Gasteiger partial charge in [-0.2, -0.15) is 0 Å². The fourth-order valence-electron chi connectivity index (χ4n) is 10.3. The summed E-state index contributed by atoms with van der Waals surface area (Å²) in [7, 11) is -2.79. The summed E-state index contributed by atoms with van der Waals surface area (Å²) in [5.41, 5.74) is 11.8. The van der Waals surface area contributed by atoms with Crippen molar-refractivity contribution in [2.75, 3.05) is 0 Å². The Bertz CT molecular complexity index is 3510. The molecule has 0 unspecified atom stereocenters. The monoisotopic (exact) mass is 818 g/mol. The van der Waals surface area contributed by atoms with Crippen molar-refractivity contribution in [1.82, 2.24) is 9.13 Å². The first-order valence-corrected chi connectivity index (χ1v) is 23.8. The van der Waals surface area contributed by atoms with Gasteiger partial charge in [-0.25, -0.2) is 0 Å². The van der Waals surface area contributed by atoms with Crippen molar-refractivity contribution in [2.45, 2.75) is 0 Å². The maximum Gasteiger partial charge on any atom is 0.179 e. The van der Waals surface area contributed by atoms with Crippen molar-refractivity contribution in [1.29, 1.82) is 0 Å². The highest BCUT2D eigenvalue weighted by Crippen LogP contribution is 2.39. The number of benzene rings is 10. The lowest BCUT2D eigenvalue weighted by Gasteiger charge is -2.34. The molecule has 0 bridgehead atoms. The lowest BCUT2D eigenvalue weighted by molar-refractivity contribution is 1.16. The van der Waals surface area contributed by atoms with Crippen molar-refractivity contribution in [3.05, 3.63) is 255 Å². The Balaban J connectivity index is 1.12. The van der Waals surface area contributed by atoms with E-state index in [9.17, 15) is 0 Å². The van der Waals surface area contributed by atoms with E-state index in [0.29, 0.717) is 0 Å². The normalized spacial score (nSPS) is 11.8. The van der Waals surface area contributed by atoms with Crippen molar-refractivity contribution < 1.29 is 0 Å². The van der Waals surface area contributed by atoms with Crippen LogP contribution in [0.3, 0.4) is 0 Å². The van der Waals surface area contributed by atoms with Crippen LogP contribution in [0, 0.1) is 0 Å². The van der Waals surface area contributed by atoms with Crippen LogP contribution in [-0.2, 0) is 0 Å². The van der Waals surface area contributed by atoms with Crippen LogP contribution in [-0.4, -0.2) is 17.2 Å². The largest absolute Gasteiger partial charge is 0.309 e. The molecule has 0 amide bonds. The molecule has 0 N–H and O–H groups in total. The van der Waals surface area contributed by atoms with Crippen LogP contribution < -0.4 is 20.7 Å². The van der Waals surface area contributed by atoms with E-state index >= 15 is 0 Å². The molecule has 0 radical (unpaired) electrons. The summed E-state index contributed by atoms with van der Waals surface area (Å²) in [4.78, 5) is 0. The molecule has 0 saturated carbocycles. The molecule has 0 aliphatic heterocycles. The van der Waals surface area contributed by atoms with E-state index < -0.39 is 8.07 Å². The number of aromatic nitrogens is 2. The van der Waals surface area contributed by atoms with E-state index in [4.69, 9.17) is 0 Å². The second kappa shape index (κ2) is 15.2. The first-order chi connectivity index (χ1) is 31.3. The van der Waals surface area contributed by atoms with Gasteiger partial charge in [0, 0.05) is 32.8 Å². The van der Waals surface area contributed by atoms with Gasteiger partial charge in [0.05, 0.1) is 27.8 Å². The SMILES string of the molecule is c1ccc(-c2cccc(-c3ccccc3-n3c4ccccc4c4ccc(-n5c6ccccc6c6ccc([Si](c7ccccc7)(c7ccccc7)c7ccccc7)cc65)cc43)c2)cc1. The molecule has 0 aliphatic carbocycles. The Morgan fingerprint density at radius 3 is 1.35 bits per heavy atom. The molecule has 12 aromatic rings. The van der Waals surface area contributed by atoms with Gasteiger partial charge in [-0.1, -0.05) is 212 Å². The zero-order valence-corrected chi connectivity index (χ0v) is 35.6.